The molecule has 0 amide bonds. The van der Waals surface area contributed by atoms with Gasteiger partial charge in [-0.3, -0.25) is 4.79 Å². The van der Waals surface area contributed by atoms with Crippen LogP contribution in [0.15, 0.2) is 11.0 Å². The van der Waals surface area contributed by atoms with Crippen molar-refractivity contribution in [3.63, 3.8) is 0 Å². The molecule has 0 unspecified atom stereocenters. The van der Waals surface area contributed by atoms with Crippen molar-refractivity contribution < 1.29 is 0 Å². The van der Waals surface area contributed by atoms with Gasteiger partial charge in [-0.05, 0) is 0 Å². The maximum absolute atomic E-state index is 12.2. The number of nitrogens with zero attached hydrogens (tertiary/aromatic N) is 7. The van der Waals surface area contributed by atoms with Gasteiger partial charge < -0.3 is 5.32 Å². The molecule has 3 aromatic rings. The zero-order chi connectivity index (χ0) is 13.4. The van der Waals surface area contributed by atoms with Crippen LogP contribution in [0.1, 0.15) is 5.69 Å². The monoisotopic (exact) mass is 278 g/mol. The lowest BCUT2D eigenvalue weighted by atomic mass is 10.4. The lowest BCUT2D eigenvalue weighted by Crippen LogP contribution is -2.25. The maximum atomic E-state index is 12.2. The Morgan fingerprint density at radius 1 is 1.42 bits per heavy atom. The van der Waals surface area contributed by atoms with E-state index < -0.39 is 0 Å². The van der Waals surface area contributed by atoms with Crippen LogP contribution in [0.2, 0.25) is 0 Å². The Kier molecular flexibility index (Phi) is 2.71. The molecule has 0 aliphatic heterocycles. The SMILES string of the molecule is CNc1snnc1Cn1nnc2c(cnn2C)c1=O. The van der Waals surface area contributed by atoms with Gasteiger partial charge in [0.25, 0.3) is 5.56 Å². The Morgan fingerprint density at radius 3 is 3.05 bits per heavy atom. The van der Waals surface area contributed by atoms with E-state index >= 15 is 0 Å². The highest BCUT2D eigenvalue weighted by Gasteiger charge is 2.13. The quantitative estimate of drug-likeness (QED) is 0.686. The van der Waals surface area contributed by atoms with Crippen molar-refractivity contribution in [2.75, 3.05) is 12.4 Å². The van der Waals surface area contributed by atoms with Crippen molar-refractivity contribution in [1.29, 1.82) is 0 Å². The summed E-state index contributed by atoms with van der Waals surface area (Å²) in [7, 11) is 3.49. The molecule has 10 heteroatoms. The highest BCUT2D eigenvalue weighted by atomic mass is 32.1. The fourth-order valence-electron chi connectivity index (χ4n) is 1.72. The number of fused-ring (bicyclic) bond motifs is 1. The molecule has 0 aliphatic rings. The summed E-state index contributed by atoms with van der Waals surface area (Å²) in [6.07, 6.45) is 1.49. The lowest BCUT2D eigenvalue weighted by Gasteiger charge is -2.02. The van der Waals surface area contributed by atoms with Gasteiger partial charge in [0.2, 0.25) is 0 Å². The zero-order valence-corrected chi connectivity index (χ0v) is 11.0. The number of aryl methyl sites for hydroxylation is 1. The fourth-order valence-corrected chi connectivity index (χ4v) is 2.25. The zero-order valence-electron chi connectivity index (χ0n) is 10.2. The van der Waals surface area contributed by atoms with E-state index in [0.29, 0.717) is 16.7 Å². The highest BCUT2D eigenvalue weighted by Crippen LogP contribution is 2.16. The van der Waals surface area contributed by atoms with Crippen LogP contribution in [0.3, 0.4) is 0 Å². The second-order valence-corrected chi connectivity index (χ2v) is 4.61. The molecule has 9 nitrogen and oxygen atoms in total. The molecule has 0 radical (unpaired) electrons. The molecule has 0 aliphatic carbocycles. The van der Waals surface area contributed by atoms with E-state index in [4.69, 9.17) is 0 Å². The van der Waals surface area contributed by atoms with Crippen LogP contribution >= 0.6 is 11.5 Å². The Morgan fingerprint density at radius 2 is 2.26 bits per heavy atom. The first-order valence-electron chi connectivity index (χ1n) is 5.45. The number of aromatic nitrogens is 7. The van der Waals surface area contributed by atoms with Gasteiger partial charge in [-0.15, -0.1) is 10.2 Å². The molecule has 3 heterocycles. The van der Waals surface area contributed by atoms with E-state index in [2.05, 4.69) is 30.3 Å². The smallest absolute Gasteiger partial charge is 0.281 e. The van der Waals surface area contributed by atoms with Crippen molar-refractivity contribution in [2.24, 2.45) is 7.05 Å². The second-order valence-electron chi connectivity index (χ2n) is 3.86. The Labute approximate surface area is 111 Å². The molecule has 3 rings (SSSR count). The predicted octanol–water partition coefficient (Wildman–Crippen LogP) is -0.534. The summed E-state index contributed by atoms with van der Waals surface area (Å²) in [5.41, 5.74) is 0.881. The first-order chi connectivity index (χ1) is 9.20. The minimum absolute atomic E-state index is 0.226. The summed E-state index contributed by atoms with van der Waals surface area (Å²) in [6.45, 7) is 0.226. The minimum Gasteiger partial charge on any atom is -0.377 e. The van der Waals surface area contributed by atoms with Crippen molar-refractivity contribution >= 4 is 27.6 Å². The van der Waals surface area contributed by atoms with Gasteiger partial charge in [0.1, 0.15) is 16.1 Å². The van der Waals surface area contributed by atoms with Gasteiger partial charge >= 0.3 is 0 Å². The number of rotatable bonds is 3. The molecule has 0 atom stereocenters. The molecule has 0 saturated carbocycles. The van der Waals surface area contributed by atoms with Crippen LogP contribution in [-0.2, 0) is 13.6 Å². The molecule has 3 aromatic heterocycles. The van der Waals surface area contributed by atoms with Crippen LogP contribution < -0.4 is 10.9 Å². The Bertz CT molecular complexity index is 787. The van der Waals surface area contributed by atoms with E-state index in [1.54, 1.807) is 14.1 Å². The standard InChI is InChI=1S/C9H10N8OS/c1-10-8-6(12-15-19-8)4-17-9(18)5-3-11-16(2)7(5)13-14-17/h3,10H,4H2,1-2H3. The van der Waals surface area contributed by atoms with Gasteiger partial charge in [0, 0.05) is 25.6 Å². The molecule has 0 spiro atoms. The molecule has 0 saturated heterocycles. The van der Waals surface area contributed by atoms with Crippen molar-refractivity contribution in [1.82, 2.24) is 34.4 Å². The van der Waals surface area contributed by atoms with Crippen LogP contribution in [0.4, 0.5) is 5.00 Å². The molecule has 98 valence electrons. The third-order valence-electron chi connectivity index (χ3n) is 2.70. The second kappa shape index (κ2) is 4.39. The molecule has 0 fully saturated rings. The number of hydrogen-bond acceptors (Lipinski definition) is 8. The van der Waals surface area contributed by atoms with Crippen molar-refractivity contribution in [3.8, 4) is 0 Å². The van der Waals surface area contributed by atoms with E-state index in [9.17, 15) is 4.79 Å². The molecule has 19 heavy (non-hydrogen) atoms. The minimum atomic E-state index is -0.242. The van der Waals surface area contributed by atoms with Crippen molar-refractivity contribution in [3.05, 3.63) is 22.2 Å². The van der Waals surface area contributed by atoms with Gasteiger partial charge in [-0.25, -0.2) is 9.36 Å². The largest absolute Gasteiger partial charge is 0.377 e. The molecular formula is C9H10N8OS. The number of nitrogens with one attached hydrogen (secondary N) is 1. The van der Waals surface area contributed by atoms with E-state index in [-0.39, 0.29) is 12.1 Å². The summed E-state index contributed by atoms with van der Waals surface area (Å²) in [4.78, 5) is 12.2. The summed E-state index contributed by atoms with van der Waals surface area (Å²) < 4.78 is 6.60. The molecular weight excluding hydrogens is 268 g/mol. The summed E-state index contributed by atoms with van der Waals surface area (Å²) in [5, 5.41) is 20.0. The third-order valence-corrected chi connectivity index (χ3v) is 3.49. The Balaban J connectivity index is 2.07. The molecule has 0 bridgehead atoms. The maximum Gasteiger partial charge on any atom is 0.281 e. The topological polar surface area (TPSA) is 103 Å². The summed E-state index contributed by atoms with van der Waals surface area (Å²) in [5.74, 6) is 0. The average Bonchev–Trinajstić information content (AvgIpc) is 3.00. The molecule has 1 N–H and O–H groups in total. The van der Waals surface area contributed by atoms with Gasteiger partial charge in [-0.2, -0.15) is 5.10 Å². The lowest BCUT2D eigenvalue weighted by molar-refractivity contribution is 0.587. The van der Waals surface area contributed by atoms with Gasteiger partial charge in [0.15, 0.2) is 5.65 Å². The number of hydrogen-bond donors (Lipinski definition) is 1. The predicted molar refractivity (Wildman–Crippen MR) is 69.1 cm³/mol. The highest BCUT2D eigenvalue weighted by molar-refractivity contribution is 7.10. The summed E-state index contributed by atoms with van der Waals surface area (Å²) >= 11 is 1.23. The first-order valence-corrected chi connectivity index (χ1v) is 6.22. The third kappa shape index (κ3) is 1.85. The molecule has 0 aromatic carbocycles. The average molecular weight is 278 g/mol. The van der Waals surface area contributed by atoms with Crippen LogP contribution in [0.5, 0.6) is 0 Å². The van der Waals surface area contributed by atoms with E-state index in [1.807, 2.05) is 0 Å². The van der Waals surface area contributed by atoms with E-state index in [0.717, 1.165) is 5.00 Å². The van der Waals surface area contributed by atoms with Crippen molar-refractivity contribution in [2.45, 2.75) is 6.54 Å². The van der Waals surface area contributed by atoms with Gasteiger partial charge in [-0.1, -0.05) is 9.70 Å². The Hall–Kier alpha value is -2.36. The van der Waals surface area contributed by atoms with Crippen LogP contribution in [0.25, 0.3) is 11.0 Å². The normalized spacial score (nSPS) is 11.1. The van der Waals surface area contributed by atoms with Gasteiger partial charge in [0.05, 0.1) is 12.7 Å². The van der Waals surface area contributed by atoms with E-state index in [1.165, 1.54) is 27.1 Å². The fraction of sp³-hybridized carbons (Fsp3) is 0.333. The number of anilines is 1. The first kappa shape index (κ1) is 11.7. The summed E-state index contributed by atoms with van der Waals surface area (Å²) in [6, 6.07) is 0. The van der Waals surface area contributed by atoms with Crippen LogP contribution in [-0.4, -0.2) is 41.4 Å². The van der Waals surface area contributed by atoms with Crippen LogP contribution in [0, 0.1) is 0 Å².